The van der Waals surface area contributed by atoms with Crippen molar-refractivity contribution in [2.75, 3.05) is 18.9 Å². The summed E-state index contributed by atoms with van der Waals surface area (Å²) < 4.78 is 40.6. The molecule has 0 fully saturated rings. The van der Waals surface area contributed by atoms with Crippen molar-refractivity contribution in [3.63, 3.8) is 0 Å². The van der Waals surface area contributed by atoms with Crippen LogP contribution < -0.4 is 5.32 Å². The number of likely N-dealkylation sites (N-methyl/N-ethyl adjacent to an activating group) is 1. The van der Waals surface area contributed by atoms with Crippen LogP contribution in [0.25, 0.3) is 0 Å². The summed E-state index contributed by atoms with van der Waals surface area (Å²) in [5.41, 5.74) is -0.253. The third-order valence-electron chi connectivity index (χ3n) is 3.13. The first-order chi connectivity index (χ1) is 10.9. The van der Waals surface area contributed by atoms with Crippen LogP contribution in [0.4, 0.5) is 18.9 Å². The molecule has 1 amide bonds. The van der Waals surface area contributed by atoms with Crippen LogP contribution in [0.2, 0.25) is 5.02 Å². The van der Waals surface area contributed by atoms with Crippen LogP contribution in [0.1, 0.15) is 5.56 Å². The van der Waals surface area contributed by atoms with E-state index in [1.165, 1.54) is 23.1 Å². The number of amides is 1. The Morgan fingerprint density at radius 1 is 1.09 bits per heavy atom. The SMILES string of the molecule is CN(CC(=O)Nc1c(F)cccc1F)Cc1c(F)cccc1Cl. The zero-order valence-corrected chi connectivity index (χ0v) is 13.0. The lowest BCUT2D eigenvalue weighted by Crippen LogP contribution is -2.30. The Morgan fingerprint density at radius 2 is 1.65 bits per heavy atom. The fraction of sp³-hybridized carbons (Fsp3) is 0.188. The summed E-state index contributed by atoms with van der Waals surface area (Å²) in [6.07, 6.45) is 0. The van der Waals surface area contributed by atoms with Gasteiger partial charge in [-0.1, -0.05) is 23.7 Å². The highest BCUT2D eigenvalue weighted by Gasteiger charge is 2.15. The number of nitrogens with zero attached hydrogens (tertiary/aromatic N) is 1. The van der Waals surface area contributed by atoms with Gasteiger partial charge < -0.3 is 5.32 Å². The zero-order chi connectivity index (χ0) is 17.0. The van der Waals surface area contributed by atoms with Gasteiger partial charge in [0.15, 0.2) is 0 Å². The molecule has 0 aliphatic rings. The second-order valence-corrected chi connectivity index (χ2v) is 5.42. The van der Waals surface area contributed by atoms with E-state index in [9.17, 15) is 18.0 Å². The van der Waals surface area contributed by atoms with E-state index in [1.807, 2.05) is 0 Å². The van der Waals surface area contributed by atoms with Crippen LogP contribution in [-0.4, -0.2) is 24.4 Å². The van der Waals surface area contributed by atoms with Gasteiger partial charge >= 0.3 is 0 Å². The molecule has 0 unspecified atom stereocenters. The number of hydrogen-bond donors (Lipinski definition) is 1. The first-order valence-electron chi connectivity index (χ1n) is 6.73. The molecule has 0 spiro atoms. The highest BCUT2D eigenvalue weighted by molar-refractivity contribution is 6.31. The number of benzene rings is 2. The normalized spacial score (nSPS) is 10.9. The molecule has 3 nitrogen and oxygen atoms in total. The number of rotatable bonds is 5. The Kier molecular flexibility index (Phi) is 5.63. The van der Waals surface area contributed by atoms with Gasteiger partial charge in [-0.25, -0.2) is 13.2 Å². The second-order valence-electron chi connectivity index (χ2n) is 5.02. The molecule has 0 heterocycles. The van der Waals surface area contributed by atoms with Gasteiger partial charge in [0.05, 0.1) is 6.54 Å². The number of carbonyl (C=O) groups excluding carboxylic acids is 1. The fourth-order valence-corrected chi connectivity index (χ4v) is 2.27. The summed E-state index contributed by atoms with van der Waals surface area (Å²) in [6, 6.07) is 7.58. The van der Waals surface area contributed by atoms with Crippen molar-refractivity contribution < 1.29 is 18.0 Å². The van der Waals surface area contributed by atoms with E-state index in [0.29, 0.717) is 0 Å². The summed E-state index contributed by atoms with van der Waals surface area (Å²) in [5, 5.41) is 2.41. The number of halogens is 4. The molecule has 0 aliphatic heterocycles. The molecule has 0 saturated heterocycles. The zero-order valence-electron chi connectivity index (χ0n) is 12.2. The largest absolute Gasteiger partial charge is 0.320 e. The minimum atomic E-state index is -0.863. The molecule has 122 valence electrons. The van der Waals surface area contributed by atoms with E-state index >= 15 is 0 Å². The maximum absolute atomic E-state index is 13.7. The average molecular weight is 343 g/mol. The molecular weight excluding hydrogens is 329 g/mol. The number of nitrogens with one attached hydrogen (secondary N) is 1. The minimum absolute atomic E-state index is 0.0820. The topological polar surface area (TPSA) is 32.3 Å². The van der Waals surface area contributed by atoms with Crippen molar-refractivity contribution >= 4 is 23.2 Å². The van der Waals surface area contributed by atoms with Crippen LogP contribution in [0.15, 0.2) is 36.4 Å². The van der Waals surface area contributed by atoms with Crippen LogP contribution in [0.5, 0.6) is 0 Å². The molecule has 2 rings (SSSR count). The predicted molar refractivity (Wildman–Crippen MR) is 82.7 cm³/mol. The van der Waals surface area contributed by atoms with Crippen LogP contribution in [0, 0.1) is 17.5 Å². The molecule has 23 heavy (non-hydrogen) atoms. The van der Waals surface area contributed by atoms with Crippen LogP contribution in [0.3, 0.4) is 0 Å². The molecular formula is C16H14ClF3N2O. The van der Waals surface area contributed by atoms with Crippen molar-refractivity contribution in [3.8, 4) is 0 Å². The van der Waals surface area contributed by atoms with Gasteiger partial charge in [0, 0.05) is 17.1 Å². The molecule has 0 radical (unpaired) electrons. The highest BCUT2D eigenvalue weighted by Crippen LogP contribution is 2.21. The maximum atomic E-state index is 13.7. The summed E-state index contributed by atoms with van der Waals surface area (Å²) in [7, 11) is 1.57. The third kappa shape index (κ3) is 4.46. The predicted octanol–water partition coefficient (Wildman–Crippen LogP) is 3.83. The van der Waals surface area contributed by atoms with E-state index in [1.54, 1.807) is 13.1 Å². The molecule has 0 aliphatic carbocycles. The maximum Gasteiger partial charge on any atom is 0.238 e. The number of carbonyl (C=O) groups is 1. The van der Waals surface area contributed by atoms with Gasteiger partial charge in [-0.15, -0.1) is 0 Å². The van der Waals surface area contributed by atoms with E-state index in [2.05, 4.69) is 5.32 Å². The highest BCUT2D eigenvalue weighted by atomic mass is 35.5. The van der Waals surface area contributed by atoms with E-state index < -0.39 is 29.0 Å². The second kappa shape index (κ2) is 7.48. The molecule has 7 heteroatoms. The van der Waals surface area contributed by atoms with Gasteiger partial charge in [0.2, 0.25) is 5.91 Å². The Bertz CT molecular complexity index is 684. The van der Waals surface area contributed by atoms with E-state index in [0.717, 1.165) is 12.1 Å². The Labute approximate surface area is 136 Å². The third-order valence-corrected chi connectivity index (χ3v) is 3.48. The van der Waals surface area contributed by atoms with Gasteiger partial charge in [-0.2, -0.15) is 0 Å². The quantitative estimate of drug-likeness (QED) is 0.895. The minimum Gasteiger partial charge on any atom is -0.320 e. The molecule has 1 N–H and O–H groups in total. The molecule has 0 aromatic heterocycles. The molecule has 0 bridgehead atoms. The summed E-state index contributed by atoms with van der Waals surface area (Å²) in [6.45, 7) is -0.100. The molecule has 2 aromatic rings. The fourth-order valence-electron chi connectivity index (χ4n) is 2.05. The van der Waals surface area contributed by atoms with Gasteiger partial charge in [-0.05, 0) is 31.3 Å². The molecule has 2 aromatic carbocycles. The smallest absolute Gasteiger partial charge is 0.238 e. The lowest BCUT2D eigenvalue weighted by molar-refractivity contribution is -0.117. The number of anilines is 1. The van der Waals surface area contributed by atoms with Crippen LogP contribution >= 0.6 is 11.6 Å². The summed E-state index contributed by atoms with van der Waals surface area (Å²) >= 11 is 5.92. The standard InChI is InChI=1S/C16H14ClF3N2O/c1-22(8-10-11(17)4-2-5-12(10)18)9-15(23)21-16-13(19)6-3-7-14(16)20/h2-7H,8-9H2,1H3,(H,21,23). The van der Waals surface area contributed by atoms with E-state index in [4.69, 9.17) is 11.6 Å². The Balaban J connectivity index is 2.00. The molecule has 0 atom stereocenters. The lowest BCUT2D eigenvalue weighted by atomic mass is 10.2. The van der Waals surface area contributed by atoms with Crippen LogP contribution in [-0.2, 0) is 11.3 Å². The Morgan fingerprint density at radius 3 is 2.26 bits per heavy atom. The van der Waals surface area contributed by atoms with Crippen molar-refractivity contribution in [1.29, 1.82) is 0 Å². The van der Waals surface area contributed by atoms with Gasteiger partial charge in [-0.3, -0.25) is 9.69 Å². The first-order valence-corrected chi connectivity index (χ1v) is 7.11. The average Bonchev–Trinajstić information content (AvgIpc) is 2.47. The van der Waals surface area contributed by atoms with Crippen molar-refractivity contribution in [2.45, 2.75) is 6.54 Å². The van der Waals surface area contributed by atoms with Gasteiger partial charge in [0.25, 0.3) is 0 Å². The lowest BCUT2D eigenvalue weighted by Gasteiger charge is -2.18. The number of para-hydroxylation sites is 1. The monoisotopic (exact) mass is 342 g/mol. The Hall–Kier alpha value is -2.05. The van der Waals surface area contributed by atoms with E-state index in [-0.39, 0.29) is 23.7 Å². The van der Waals surface area contributed by atoms with Crippen molar-refractivity contribution in [3.05, 3.63) is 64.4 Å². The summed E-state index contributed by atoms with van der Waals surface area (Å²) in [5.74, 6) is -2.83. The van der Waals surface area contributed by atoms with Crippen molar-refractivity contribution in [1.82, 2.24) is 4.90 Å². The first kappa shape index (κ1) is 17.3. The molecule has 0 saturated carbocycles. The van der Waals surface area contributed by atoms with Crippen molar-refractivity contribution in [2.24, 2.45) is 0 Å². The summed E-state index contributed by atoms with van der Waals surface area (Å²) in [4.78, 5) is 13.4. The number of hydrogen-bond acceptors (Lipinski definition) is 2. The van der Waals surface area contributed by atoms with Gasteiger partial charge in [0.1, 0.15) is 23.1 Å².